The number of unbranched alkanes of at least 4 members (excludes halogenated alkanes) is 1. The quantitative estimate of drug-likeness (QED) is 0.733. The minimum absolute atomic E-state index is 0.165. The van der Waals surface area contributed by atoms with Gasteiger partial charge >= 0.3 is 0 Å². The van der Waals surface area contributed by atoms with Crippen molar-refractivity contribution in [1.29, 1.82) is 0 Å². The van der Waals surface area contributed by atoms with Crippen molar-refractivity contribution in [3.8, 4) is 0 Å². The van der Waals surface area contributed by atoms with Gasteiger partial charge in [0, 0.05) is 5.70 Å². The van der Waals surface area contributed by atoms with Crippen molar-refractivity contribution in [3.63, 3.8) is 0 Å². The van der Waals surface area contributed by atoms with Crippen molar-refractivity contribution in [2.75, 3.05) is 0 Å². The lowest BCUT2D eigenvalue weighted by Gasteiger charge is -2.23. The molecule has 2 heteroatoms. The monoisotopic (exact) mass is 273 g/mol. The molecule has 110 valence electrons. The number of hydrogen-bond acceptors (Lipinski definition) is 2. The van der Waals surface area contributed by atoms with Crippen molar-refractivity contribution >= 4 is 5.78 Å². The van der Waals surface area contributed by atoms with Crippen LogP contribution in [0.2, 0.25) is 0 Å². The molecule has 0 aromatic heterocycles. The smallest absolute Gasteiger partial charge is 0.152 e. The zero-order chi connectivity index (χ0) is 15.0. The molecule has 0 aliphatic heterocycles. The summed E-state index contributed by atoms with van der Waals surface area (Å²) in [7, 11) is 0. The Bertz CT molecular complexity index is 424. The number of rotatable bonds is 9. The average molecular weight is 273 g/mol. The number of benzene rings is 1. The predicted octanol–water partition coefficient (Wildman–Crippen LogP) is 4.12. The molecule has 20 heavy (non-hydrogen) atoms. The average Bonchev–Trinajstić information content (AvgIpc) is 2.44. The number of carbonyl (C=O) groups is 1. The lowest BCUT2D eigenvalue weighted by molar-refractivity contribution is -0.118. The highest BCUT2D eigenvalue weighted by Gasteiger charge is 2.17. The Labute approximate surface area is 123 Å². The van der Waals surface area contributed by atoms with Crippen LogP contribution in [-0.2, 0) is 11.2 Å². The fourth-order valence-electron chi connectivity index (χ4n) is 2.20. The van der Waals surface area contributed by atoms with Gasteiger partial charge in [-0.05, 0) is 31.2 Å². The third-order valence-electron chi connectivity index (χ3n) is 3.72. The SMILES string of the molecule is C=C(N[C@@H](Cc1ccccc1)C(C)=O)[C@@H](C)CCCC. The third-order valence-corrected chi connectivity index (χ3v) is 3.72. The molecule has 0 radical (unpaired) electrons. The van der Waals surface area contributed by atoms with Crippen LogP contribution in [0.25, 0.3) is 0 Å². The molecule has 2 nitrogen and oxygen atoms in total. The molecule has 1 rings (SSSR count). The van der Waals surface area contributed by atoms with Crippen LogP contribution < -0.4 is 5.32 Å². The van der Waals surface area contributed by atoms with Gasteiger partial charge in [0.1, 0.15) is 0 Å². The maximum Gasteiger partial charge on any atom is 0.152 e. The van der Waals surface area contributed by atoms with E-state index in [0.717, 1.165) is 18.5 Å². The van der Waals surface area contributed by atoms with E-state index in [2.05, 4.69) is 37.9 Å². The maximum atomic E-state index is 11.8. The molecule has 0 amide bonds. The van der Waals surface area contributed by atoms with E-state index in [1.807, 2.05) is 18.2 Å². The van der Waals surface area contributed by atoms with Crippen LogP contribution in [0.15, 0.2) is 42.6 Å². The number of hydrogen-bond donors (Lipinski definition) is 1. The second-order valence-electron chi connectivity index (χ2n) is 5.57. The molecular formula is C18H27NO. The Morgan fingerprint density at radius 2 is 1.95 bits per heavy atom. The fraction of sp³-hybridized carbons (Fsp3) is 0.500. The Morgan fingerprint density at radius 1 is 1.30 bits per heavy atom. The van der Waals surface area contributed by atoms with Crippen LogP contribution >= 0.6 is 0 Å². The van der Waals surface area contributed by atoms with Crippen molar-refractivity contribution < 1.29 is 4.79 Å². The summed E-state index contributed by atoms with van der Waals surface area (Å²) < 4.78 is 0. The van der Waals surface area contributed by atoms with Crippen LogP contribution in [0.5, 0.6) is 0 Å². The normalized spacial score (nSPS) is 13.6. The van der Waals surface area contributed by atoms with Gasteiger partial charge < -0.3 is 5.32 Å². The molecule has 0 spiro atoms. The molecular weight excluding hydrogens is 246 g/mol. The molecule has 0 saturated heterocycles. The van der Waals surface area contributed by atoms with E-state index in [1.165, 1.54) is 18.4 Å². The summed E-state index contributed by atoms with van der Waals surface area (Å²) in [6, 6.07) is 9.94. The highest BCUT2D eigenvalue weighted by atomic mass is 16.1. The lowest BCUT2D eigenvalue weighted by atomic mass is 9.98. The maximum absolute atomic E-state index is 11.8. The Morgan fingerprint density at radius 3 is 2.50 bits per heavy atom. The molecule has 0 aliphatic rings. The van der Waals surface area contributed by atoms with Crippen molar-refractivity contribution in [2.45, 2.75) is 52.5 Å². The summed E-state index contributed by atoms with van der Waals surface area (Å²) in [6.07, 6.45) is 4.23. The van der Waals surface area contributed by atoms with Crippen molar-refractivity contribution in [1.82, 2.24) is 5.32 Å². The van der Waals surface area contributed by atoms with Crippen molar-refractivity contribution in [3.05, 3.63) is 48.2 Å². The molecule has 1 N–H and O–H groups in total. The first kappa shape index (κ1) is 16.5. The van der Waals surface area contributed by atoms with Gasteiger partial charge in [-0.3, -0.25) is 4.79 Å². The second-order valence-corrected chi connectivity index (χ2v) is 5.57. The Kier molecular flexibility index (Phi) is 7.06. The highest BCUT2D eigenvalue weighted by molar-refractivity contribution is 5.82. The summed E-state index contributed by atoms with van der Waals surface area (Å²) in [5.41, 5.74) is 2.16. The standard InChI is InChI=1S/C18H27NO/c1-5-6-10-14(2)15(3)19-18(16(4)20)13-17-11-8-7-9-12-17/h7-9,11-12,14,18-19H,3,5-6,10,13H2,1-2,4H3/t14-,18-/m0/s1. The minimum atomic E-state index is -0.172. The van der Waals surface area contributed by atoms with E-state index in [1.54, 1.807) is 6.92 Å². The van der Waals surface area contributed by atoms with Gasteiger partial charge in [0.05, 0.1) is 6.04 Å². The molecule has 0 bridgehead atoms. The first-order valence-corrected chi connectivity index (χ1v) is 7.54. The van der Waals surface area contributed by atoms with Gasteiger partial charge in [0.15, 0.2) is 5.78 Å². The molecule has 0 heterocycles. The number of allylic oxidation sites excluding steroid dienone is 1. The van der Waals surface area contributed by atoms with Gasteiger partial charge in [-0.1, -0.05) is 63.6 Å². The van der Waals surface area contributed by atoms with E-state index >= 15 is 0 Å². The van der Waals surface area contributed by atoms with E-state index in [0.29, 0.717) is 5.92 Å². The molecule has 1 aromatic rings. The number of Topliss-reactive ketones (excluding diaryl/α,β-unsaturated/α-hetero) is 1. The van der Waals surface area contributed by atoms with E-state index in [-0.39, 0.29) is 11.8 Å². The number of carbonyl (C=O) groups excluding carboxylic acids is 1. The molecule has 0 saturated carbocycles. The van der Waals surface area contributed by atoms with Gasteiger partial charge in [-0.15, -0.1) is 0 Å². The van der Waals surface area contributed by atoms with Gasteiger partial charge in [-0.25, -0.2) is 0 Å². The highest BCUT2D eigenvalue weighted by Crippen LogP contribution is 2.15. The van der Waals surface area contributed by atoms with Crippen LogP contribution in [0.4, 0.5) is 0 Å². The number of ketones is 1. The fourth-order valence-corrected chi connectivity index (χ4v) is 2.20. The zero-order valence-corrected chi connectivity index (χ0v) is 13.0. The topological polar surface area (TPSA) is 29.1 Å². The van der Waals surface area contributed by atoms with E-state index < -0.39 is 0 Å². The molecule has 2 atom stereocenters. The number of nitrogens with one attached hydrogen (secondary N) is 1. The summed E-state index contributed by atoms with van der Waals surface area (Å²) in [5, 5.41) is 3.33. The minimum Gasteiger partial charge on any atom is -0.379 e. The van der Waals surface area contributed by atoms with Gasteiger partial charge in [0.2, 0.25) is 0 Å². The van der Waals surface area contributed by atoms with Gasteiger partial charge in [0.25, 0.3) is 0 Å². The summed E-state index contributed by atoms with van der Waals surface area (Å²) >= 11 is 0. The first-order valence-electron chi connectivity index (χ1n) is 7.54. The zero-order valence-electron chi connectivity index (χ0n) is 13.0. The van der Waals surface area contributed by atoms with E-state index in [4.69, 9.17) is 0 Å². The van der Waals surface area contributed by atoms with Crippen LogP contribution in [-0.4, -0.2) is 11.8 Å². The molecule has 0 fully saturated rings. The summed E-state index contributed by atoms with van der Waals surface area (Å²) in [5.74, 6) is 0.574. The van der Waals surface area contributed by atoms with Crippen LogP contribution in [0.3, 0.4) is 0 Å². The van der Waals surface area contributed by atoms with Crippen molar-refractivity contribution in [2.24, 2.45) is 5.92 Å². The summed E-state index contributed by atoms with van der Waals surface area (Å²) in [6.45, 7) is 10.1. The largest absolute Gasteiger partial charge is 0.379 e. The second kappa shape index (κ2) is 8.57. The molecule has 0 unspecified atom stereocenters. The van der Waals surface area contributed by atoms with E-state index in [9.17, 15) is 4.79 Å². The first-order chi connectivity index (χ1) is 9.54. The summed E-state index contributed by atoms with van der Waals surface area (Å²) in [4.78, 5) is 11.8. The van der Waals surface area contributed by atoms with Crippen LogP contribution in [0.1, 0.15) is 45.6 Å². The third kappa shape index (κ3) is 5.60. The van der Waals surface area contributed by atoms with Crippen LogP contribution in [0, 0.1) is 5.92 Å². The Hall–Kier alpha value is -1.57. The predicted molar refractivity (Wildman–Crippen MR) is 85.6 cm³/mol. The lowest BCUT2D eigenvalue weighted by Crippen LogP contribution is -2.38. The van der Waals surface area contributed by atoms with Gasteiger partial charge in [-0.2, -0.15) is 0 Å². The molecule has 0 aliphatic carbocycles. The molecule has 1 aromatic carbocycles. The Balaban J connectivity index is 2.59.